The number of carbonyl (C=O) groups is 1. The van der Waals surface area contributed by atoms with Gasteiger partial charge in [-0.1, -0.05) is 68.3 Å². The van der Waals surface area contributed by atoms with Crippen LogP contribution in [0.15, 0.2) is 66.7 Å². The average molecular weight is 345 g/mol. The van der Waals surface area contributed by atoms with E-state index in [0.29, 0.717) is 18.2 Å². The fourth-order valence-electron chi connectivity index (χ4n) is 3.10. The summed E-state index contributed by atoms with van der Waals surface area (Å²) in [4.78, 5) is 14.5. The Bertz CT molecular complexity index is 818. The molecule has 0 unspecified atom stereocenters. The zero-order valence-electron chi connectivity index (χ0n) is 15.1. The molecule has 0 spiro atoms. The number of ether oxygens (including phenoxy) is 1. The third kappa shape index (κ3) is 3.81. The number of allylic oxidation sites excluding steroid dienone is 1. The first-order valence-electron chi connectivity index (χ1n) is 8.86. The molecule has 1 aliphatic rings. The van der Waals surface area contributed by atoms with Crippen LogP contribution >= 0.6 is 0 Å². The molecule has 0 bridgehead atoms. The van der Waals surface area contributed by atoms with Crippen LogP contribution in [0, 0.1) is 18.3 Å². The van der Waals surface area contributed by atoms with Crippen LogP contribution in [0.1, 0.15) is 19.4 Å². The Labute approximate surface area is 155 Å². The van der Waals surface area contributed by atoms with Crippen molar-refractivity contribution < 1.29 is 9.53 Å². The van der Waals surface area contributed by atoms with Gasteiger partial charge in [0, 0.05) is 12.1 Å². The van der Waals surface area contributed by atoms with Gasteiger partial charge in [0.25, 0.3) is 5.91 Å². The largest absolute Gasteiger partial charge is 0.478 e. The Kier molecular flexibility index (Phi) is 5.43. The highest BCUT2D eigenvalue weighted by molar-refractivity contribution is 5.91. The van der Waals surface area contributed by atoms with Gasteiger partial charge in [0.15, 0.2) is 0 Å². The summed E-state index contributed by atoms with van der Waals surface area (Å²) in [5, 5.41) is 0. The van der Waals surface area contributed by atoms with Gasteiger partial charge in [-0.15, -0.1) is 6.42 Å². The van der Waals surface area contributed by atoms with E-state index in [1.54, 1.807) is 0 Å². The van der Waals surface area contributed by atoms with Crippen molar-refractivity contribution in [2.24, 2.45) is 5.92 Å². The Hall–Kier alpha value is -2.99. The van der Waals surface area contributed by atoms with E-state index >= 15 is 0 Å². The summed E-state index contributed by atoms with van der Waals surface area (Å²) in [6.45, 7) is 4.87. The van der Waals surface area contributed by atoms with Gasteiger partial charge in [-0.05, 0) is 29.7 Å². The molecule has 2 atom stereocenters. The summed E-state index contributed by atoms with van der Waals surface area (Å²) in [5.41, 5.74) is 1.75. The van der Waals surface area contributed by atoms with E-state index in [4.69, 9.17) is 11.2 Å². The maximum Gasteiger partial charge on any atom is 0.266 e. The van der Waals surface area contributed by atoms with Crippen molar-refractivity contribution in [2.75, 3.05) is 6.54 Å². The highest BCUT2D eigenvalue weighted by atomic mass is 16.5. The van der Waals surface area contributed by atoms with E-state index in [2.05, 4.69) is 19.8 Å². The molecule has 1 aliphatic heterocycles. The maximum atomic E-state index is 12.6. The number of nitrogens with zero attached hydrogens (tertiary/aromatic N) is 1. The second-order valence-corrected chi connectivity index (χ2v) is 6.82. The molecular formula is C23H23NO2. The SMILES string of the molecule is C#C/C(=C\[C@H]1[C@@H](Oc2ccccc2)C(=O)N1CC(C)C)c1ccccc1. The van der Waals surface area contributed by atoms with E-state index in [9.17, 15) is 4.79 Å². The summed E-state index contributed by atoms with van der Waals surface area (Å²) in [7, 11) is 0. The molecule has 26 heavy (non-hydrogen) atoms. The number of hydrogen-bond donors (Lipinski definition) is 0. The third-order valence-corrected chi connectivity index (χ3v) is 4.34. The predicted octanol–water partition coefficient (Wildman–Crippen LogP) is 4.02. The van der Waals surface area contributed by atoms with Gasteiger partial charge in [0.1, 0.15) is 5.75 Å². The van der Waals surface area contributed by atoms with Crippen LogP contribution in [0.2, 0.25) is 0 Å². The van der Waals surface area contributed by atoms with Crippen molar-refractivity contribution in [1.82, 2.24) is 4.90 Å². The van der Waals surface area contributed by atoms with E-state index in [0.717, 1.165) is 11.1 Å². The van der Waals surface area contributed by atoms with Crippen LogP contribution in [-0.4, -0.2) is 29.5 Å². The second kappa shape index (κ2) is 7.93. The monoisotopic (exact) mass is 345 g/mol. The van der Waals surface area contributed by atoms with Crippen molar-refractivity contribution in [2.45, 2.75) is 26.0 Å². The number of para-hydroxylation sites is 1. The molecule has 2 aromatic rings. The Morgan fingerprint density at radius 2 is 1.77 bits per heavy atom. The third-order valence-electron chi connectivity index (χ3n) is 4.34. The summed E-state index contributed by atoms with van der Waals surface area (Å²) in [5.74, 6) is 3.83. The van der Waals surface area contributed by atoms with Crippen LogP contribution in [0.4, 0.5) is 0 Å². The molecule has 0 aromatic heterocycles. The smallest absolute Gasteiger partial charge is 0.266 e. The first-order chi connectivity index (χ1) is 12.6. The Morgan fingerprint density at radius 1 is 1.15 bits per heavy atom. The van der Waals surface area contributed by atoms with Gasteiger partial charge < -0.3 is 9.64 Å². The molecule has 132 valence electrons. The van der Waals surface area contributed by atoms with Gasteiger partial charge in [0.2, 0.25) is 6.10 Å². The molecule has 3 nitrogen and oxygen atoms in total. The first kappa shape index (κ1) is 17.8. The average Bonchev–Trinajstić information content (AvgIpc) is 2.67. The number of hydrogen-bond acceptors (Lipinski definition) is 2. The number of benzene rings is 2. The van der Waals surface area contributed by atoms with Crippen molar-refractivity contribution in [3.8, 4) is 18.1 Å². The summed E-state index contributed by atoms with van der Waals surface area (Å²) >= 11 is 0. The van der Waals surface area contributed by atoms with E-state index in [1.165, 1.54) is 0 Å². The normalized spacial score (nSPS) is 19.8. The van der Waals surface area contributed by atoms with Crippen LogP contribution in [-0.2, 0) is 4.79 Å². The summed E-state index contributed by atoms with van der Waals surface area (Å²) in [6, 6.07) is 19.1. The topological polar surface area (TPSA) is 29.5 Å². The van der Waals surface area contributed by atoms with Crippen LogP contribution in [0.5, 0.6) is 5.75 Å². The molecule has 0 radical (unpaired) electrons. The summed E-state index contributed by atoms with van der Waals surface area (Å²) in [6.07, 6.45) is 7.19. The fraction of sp³-hybridized carbons (Fsp3) is 0.261. The van der Waals surface area contributed by atoms with Crippen molar-refractivity contribution in [3.05, 3.63) is 72.3 Å². The lowest BCUT2D eigenvalue weighted by atomic mass is 9.92. The first-order valence-corrected chi connectivity index (χ1v) is 8.86. The minimum atomic E-state index is -0.539. The van der Waals surface area contributed by atoms with E-state index in [1.807, 2.05) is 71.6 Å². The molecule has 3 rings (SSSR count). The molecule has 1 fully saturated rings. The molecule has 1 amide bonds. The molecule has 3 heteroatoms. The molecule has 0 N–H and O–H groups in total. The Morgan fingerprint density at radius 3 is 2.35 bits per heavy atom. The molecule has 0 saturated carbocycles. The molecule has 0 aliphatic carbocycles. The number of β-lactam (4-membered cyclic amide) rings is 1. The fourth-order valence-corrected chi connectivity index (χ4v) is 3.10. The van der Waals surface area contributed by atoms with E-state index in [-0.39, 0.29) is 11.9 Å². The zero-order chi connectivity index (χ0) is 18.5. The van der Waals surface area contributed by atoms with Gasteiger partial charge in [-0.2, -0.15) is 0 Å². The Balaban J connectivity index is 1.88. The van der Waals surface area contributed by atoms with Crippen LogP contribution in [0.3, 0.4) is 0 Å². The minimum Gasteiger partial charge on any atom is -0.478 e. The standard InChI is InChI=1S/C23H23NO2/c1-4-18(19-11-7-5-8-12-19)15-21-22(23(25)24(21)16-17(2)3)26-20-13-9-6-10-14-20/h1,5-15,17,21-22H,16H2,2-3H3/b18-15+/t21-,22+/m0/s1. The van der Waals surface area contributed by atoms with Gasteiger partial charge in [0.05, 0.1) is 6.04 Å². The van der Waals surface area contributed by atoms with Gasteiger partial charge in [-0.3, -0.25) is 4.79 Å². The van der Waals surface area contributed by atoms with Crippen molar-refractivity contribution >= 4 is 11.5 Å². The van der Waals surface area contributed by atoms with Crippen molar-refractivity contribution in [1.29, 1.82) is 0 Å². The number of amides is 1. The number of likely N-dealkylation sites (tertiary alicyclic amines) is 1. The van der Waals surface area contributed by atoms with Crippen LogP contribution in [0.25, 0.3) is 5.57 Å². The van der Waals surface area contributed by atoms with Crippen molar-refractivity contribution in [3.63, 3.8) is 0 Å². The second-order valence-electron chi connectivity index (χ2n) is 6.82. The van der Waals surface area contributed by atoms with E-state index < -0.39 is 6.10 Å². The van der Waals surface area contributed by atoms with Gasteiger partial charge >= 0.3 is 0 Å². The quantitative estimate of drug-likeness (QED) is 0.585. The van der Waals surface area contributed by atoms with Gasteiger partial charge in [-0.25, -0.2) is 0 Å². The maximum absolute atomic E-state index is 12.6. The molecule has 2 aromatic carbocycles. The highest BCUT2D eigenvalue weighted by Gasteiger charge is 2.48. The van der Waals surface area contributed by atoms with Crippen LogP contribution < -0.4 is 4.74 Å². The molecule has 1 saturated heterocycles. The lowest BCUT2D eigenvalue weighted by Gasteiger charge is -2.46. The lowest BCUT2D eigenvalue weighted by Crippen LogP contribution is -2.66. The number of carbonyl (C=O) groups excluding carboxylic acids is 1. The number of terminal acetylenes is 1. The lowest BCUT2D eigenvalue weighted by molar-refractivity contribution is -0.160. The predicted molar refractivity (Wildman–Crippen MR) is 104 cm³/mol. The summed E-state index contributed by atoms with van der Waals surface area (Å²) < 4.78 is 5.96. The number of rotatable bonds is 6. The highest BCUT2D eigenvalue weighted by Crippen LogP contribution is 2.29. The molecule has 1 heterocycles. The minimum absolute atomic E-state index is 0.00763. The zero-order valence-corrected chi connectivity index (χ0v) is 15.1. The molecular weight excluding hydrogens is 322 g/mol.